The number of nitrogens with one attached hydrogen (secondary N) is 1. The second kappa shape index (κ2) is 9.09. The molecule has 0 spiro atoms. The second-order valence-electron chi connectivity index (χ2n) is 8.01. The number of halogens is 1. The van der Waals surface area contributed by atoms with Gasteiger partial charge >= 0.3 is 0 Å². The SMILES string of the molecule is Cc1ccnc(NCC2[C@H](C)CCCN2C(=O)c2nc(C)sc2-c2ccc(F)cc2)n1. The lowest BCUT2D eigenvalue weighted by atomic mass is 9.90. The number of hydrogen-bond donors (Lipinski definition) is 1. The fourth-order valence-corrected chi connectivity index (χ4v) is 4.96. The molecule has 1 saturated heterocycles. The molecule has 1 N–H and O–H groups in total. The maximum Gasteiger partial charge on any atom is 0.274 e. The van der Waals surface area contributed by atoms with E-state index in [0.29, 0.717) is 30.6 Å². The Morgan fingerprint density at radius 3 is 2.74 bits per heavy atom. The molecular weight excluding hydrogens is 413 g/mol. The van der Waals surface area contributed by atoms with Crippen molar-refractivity contribution in [3.63, 3.8) is 0 Å². The average molecular weight is 440 g/mol. The minimum atomic E-state index is -0.299. The van der Waals surface area contributed by atoms with Gasteiger partial charge in [-0.2, -0.15) is 0 Å². The van der Waals surface area contributed by atoms with Gasteiger partial charge < -0.3 is 10.2 Å². The van der Waals surface area contributed by atoms with Gasteiger partial charge in [0.1, 0.15) is 11.5 Å². The molecule has 0 saturated carbocycles. The molecule has 1 aromatic carbocycles. The number of piperidine rings is 1. The van der Waals surface area contributed by atoms with Gasteiger partial charge in [0, 0.05) is 25.0 Å². The van der Waals surface area contributed by atoms with Crippen molar-refractivity contribution in [2.24, 2.45) is 5.92 Å². The number of nitrogens with zero attached hydrogens (tertiary/aromatic N) is 4. The van der Waals surface area contributed by atoms with Crippen LogP contribution in [0.3, 0.4) is 0 Å². The summed E-state index contributed by atoms with van der Waals surface area (Å²) in [6.45, 7) is 7.25. The molecule has 0 aliphatic carbocycles. The van der Waals surface area contributed by atoms with Crippen LogP contribution >= 0.6 is 11.3 Å². The van der Waals surface area contributed by atoms with Gasteiger partial charge in [-0.05, 0) is 56.4 Å². The number of amides is 1. The van der Waals surface area contributed by atoms with Gasteiger partial charge in [0.2, 0.25) is 5.95 Å². The highest BCUT2D eigenvalue weighted by Crippen LogP contribution is 2.33. The first-order valence-corrected chi connectivity index (χ1v) is 11.3. The number of benzene rings is 1. The van der Waals surface area contributed by atoms with Crippen LogP contribution in [0.2, 0.25) is 0 Å². The predicted molar refractivity (Wildman–Crippen MR) is 121 cm³/mol. The largest absolute Gasteiger partial charge is 0.352 e. The van der Waals surface area contributed by atoms with E-state index >= 15 is 0 Å². The molecule has 3 heterocycles. The van der Waals surface area contributed by atoms with E-state index in [1.54, 1.807) is 18.3 Å². The Balaban J connectivity index is 1.59. The molecule has 8 heteroatoms. The summed E-state index contributed by atoms with van der Waals surface area (Å²) in [6.07, 6.45) is 3.75. The Bertz CT molecular complexity index is 1070. The van der Waals surface area contributed by atoms with Gasteiger partial charge in [-0.15, -0.1) is 11.3 Å². The molecule has 6 nitrogen and oxygen atoms in total. The molecule has 1 aliphatic heterocycles. The third-order valence-corrected chi connectivity index (χ3v) is 6.70. The molecule has 2 atom stereocenters. The minimum absolute atomic E-state index is 0.00781. The molecule has 0 radical (unpaired) electrons. The summed E-state index contributed by atoms with van der Waals surface area (Å²) in [5, 5.41) is 4.12. The van der Waals surface area contributed by atoms with Crippen molar-refractivity contribution in [1.82, 2.24) is 19.9 Å². The number of aryl methyl sites for hydroxylation is 2. The van der Waals surface area contributed by atoms with Crippen molar-refractivity contribution in [3.05, 3.63) is 58.7 Å². The zero-order chi connectivity index (χ0) is 22.0. The third-order valence-electron chi connectivity index (χ3n) is 5.68. The van der Waals surface area contributed by atoms with Crippen LogP contribution in [0.5, 0.6) is 0 Å². The highest BCUT2D eigenvalue weighted by Gasteiger charge is 2.34. The summed E-state index contributed by atoms with van der Waals surface area (Å²) in [5.41, 5.74) is 2.15. The van der Waals surface area contributed by atoms with Crippen LogP contribution in [0.15, 0.2) is 36.5 Å². The fraction of sp³-hybridized carbons (Fsp3) is 0.391. The Kier molecular flexibility index (Phi) is 6.27. The maximum absolute atomic E-state index is 13.6. The summed E-state index contributed by atoms with van der Waals surface area (Å²) >= 11 is 1.46. The summed E-state index contributed by atoms with van der Waals surface area (Å²) in [5.74, 6) is 0.533. The number of hydrogen-bond acceptors (Lipinski definition) is 6. The highest BCUT2D eigenvalue weighted by atomic mass is 32.1. The van der Waals surface area contributed by atoms with Crippen LogP contribution < -0.4 is 5.32 Å². The van der Waals surface area contributed by atoms with E-state index in [9.17, 15) is 9.18 Å². The van der Waals surface area contributed by atoms with E-state index in [-0.39, 0.29) is 17.8 Å². The first kappa shape index (κ1) is 21.4. The number of rotatable bonds is 5. The summed E-state index contributed by atoms with van der Waals surface area (Å²) in [6, 6.07) is 8.09. The van der Waals surface area contributed by atoms with Crippen molar-refractivity contribution in [3.8, 4) is 10.4 Å². The summed E-state index contributed by atoms with van der Waals surface area (Å²) in [7, 11) is 0. The molecule has 2 aromatic heterocycles. The van der Waals surface area contributed by atoms with Gasteiger partial charge in [0.25, 0.3) is 5.91 Å². The first-order chi connectivity index (χ1) is 14.9. The van der Waals surface area contributed by atoms with Crippen LogP contribution in [-0.4, -0.2) is 44.9 Å². The van der Waals surface area contributed by atoms with Gasteiger partial charge in [-0.1, -0.05) is 19.1 Å². The van der Waals surface area contributed by atoms with E-state index in [4.69, 9.17) is 0 Å². The Morgan fingerprint density at radius 2 is 2.00 bits per heavy atom. The van der Waals surface area contributed by atoms with Gasteiger partial charge in [0.15, 0.2) is 0 Å². The lowest BCUT2D eigenvalue weighted by molar-refractivity contribution is 0.0535. The lowest BCUT2D eigenvalue weighted by Crippen LogP contribution is -2.51. The van der Waals surface area contributed by atoms with Crippen molar-refractivity contribution < 1.29 is 9.18 Å². The molecular formula is C23H26FN5OS. The van der Waals surface area contributed by atoms with E-state index in [2.05, 4.69) is 27.2 Å². The van der Waals surface area contributed by atoms with Crippen molar-refractivity contribution in [2.75, 3.05) is 18.4 Å². The molecule has 1 amide bonds. The number of aromatic nitrogens is 3. The molecule has 0 bridgehead atoms. The molecule has 3 aromatic rings. The smallest absolute Gasteiger partial charge is 0.274 e. The summed E-state index contributed by atoms with van der Waals surface area (Å²) < 4.78 is 13.4. The zero-order valence-electron chi connectivity index (χ0n) is 17.9. The van der Waals surface area contributed by atoms with Crippen molar-refractivity contribution in [1.29, 1.82) is 0 Å². The van der Waals surface area contributed by atoms with Crippen molar-refractivity contribution >= 4 is 23.2 Å². The second-order valence-corrected chi connectivity index (χ2v) is 9.21. The van der Waals surface area contributed by atoms with Crippen LogP contribution in [-0.2, 0) is 0 Å². The molecule has 1 unspecified atom stereocenters. The number of carbonyl (C=O) groups is 1. The van der Waals surface area contributed by atoms with Crippen LogP contribution in [0.1, 0.15) is 41.0 Å². The monoisotopic (exact) mass is 439 g/mol. The zero-order valence-corrected chi connectivity index (χ0v) is 18.7. The van der Waals surface area contributed by atoms with Crippen LogP contribution in [0, 0.1) is 25.6 Å². The number of anilines is 1. The molecule has 4 rings (SSSR count). The molecule has 162 valence electrons. The van der Waals surface area contributed by atoms with Crippen molar-refractivity contribution in [2.45, 2.75) is 39.7 Å². The average Bonchev–Trinajstić information content (AvgIpc) is 3.14. The lowest BCUT2D eigenvalue weighted by Gasteiger charge is -2.40. The standard InChI is InChI=1S/C23H26FN5OS/c1-14-5-4-12-29(19(14)13-26-23-25-11-10-15(2)27-23)22(30)20-21(31-16(3)28-20)17-6-8-18(24)9-7-17/h6-11,14,19H,4-5,12-13H2,1-3H3,(H,25,26,27)/t14-,19?/m1/s1. The fourth-order valence-electron chi connectivity index (χ4n) is 4.05. The Labute approximate surface area is 185 Å². The van der Waals surface area contributed by atoms with E-state index in [1.165, 1.54) is 23.5 Å². The van der Waals surface area contributed by atoms with E-state index in [1.807, 2.05) is 24.8 Å². The maximum atomic E-state index is 13.6. The van der Waals surface area contributed by atoms with E-state index < -0.39 is 0 Å². The molecule has 1 aliphatic rings. The summed E-state index contributed by atoms with van der Waals surface area (Å²) in [4.78, 5) is 29.6. The predicted octanol–water partition coefficient (Wildman–Crippen LogP) is 4.71. The minimum Gasteiger partial charge on any atom is -0.352 e. The first-order valence-electron chi connectivity index (χ1n) is 10.5. The van der Waals surface area contributed by atoms with Crippen LogP contribution in [0.4, 0.5) is 10.3 Å². The van der Waals surface area contributed by atoms with Gasteiger partial charge in [-0.25, -0.2) is 19.3 Å². The Morgan fingerprint density at radius 1 is 1.23 bits per heavy atom. The molecule has 31 heavy (non-hydrogen) atoms. The number of likely N-dealkylation sites (tertiary alicyclic amines) is 1. The highest BCUT2D eigenvalue weighted by molar-refractivity contribution is 7.15. The normalized spacial score (nSPS) is 18.8. The van der Waals surface area contributed by atoms with E-state index in [0.717, 1.165) is 34.0 Å². The molecule has 1 fully saturated rings. The van der Waals surface area contributed by atoms with Gasteiger partial charge in [0.05, 0.1) is 15.9 Å². The third kappa shape index (κ3) is 4.74. The number of thiazole rings is 1. The Hall–Kier alpha value is -2.87. The number of carbonyl (C=O) groups excluding carboxylic acids is 1. The topological polar surface area (TPSA) is 71.0 Å². The quantitative estimate of drug-likeness (QED) is 0.623. The van der Waals surface area contributed by atoms with Gasteiger partial charge in [-0.3, -0.25) is 4.79 Å². The van der Waals surface area contributed by atoms with Crippen LogP contribution in [0.25, 0.3) is 10.4 Å².